The fourth-order valence-electron chi connectivity index (χ4n) is 1.97. The number of hydrogen-bond acceptors (Lipinski definition) is 4. The zero-order valence-corrected chi connectivity index (χ0v) is 15.4. The van der Waals surface area contributed by atoms with Crippen LogP contribution in [0.5, 0.6) is 5.75 Å². The molecule has 138 valence electrons. The number of anilines is 1. The normalized spacial score (nSPS) is 11.8. The maximum atomic E-state index is 12.8. The molecular weight excluding hydrogens is 415 g/mol. The van der Waals surface area contributed by atoms with Crippen molar-refractivity contribution in [3.8, 4) is 5.75 Å². The van der Waals surface area contributed by atoms with Crippen LogP contribution in [0.4, 0.5) is 18.9 Å². The van der Waals surface area contributed by atoms with Gasteiger partial charge in [0.05, 0.1) is 23.3 Å². The first-order valence-corrected chi connectivity index (χ1v) is 8.16. The molecule has 0 saturated carbocycles. The molecule has 0 aliphatic heterocycles. The van der Waals surface area contributed by atoms with Crippen molar-refractivity contribution in [3.63, 3.8) is 0 Å². The number of ether oxygens (including phenoxy) is 2. The largest absolute Gasteiger partial charge is 0.463 e. The summed E-state index contributed by atoms with van der Waals surface area (Å²) >= 11 is 3.32. The van der Waals surface area contributed by atoms with E-state index in [9.17, 15) is 18.0 Å². The van der Waals surface area contributed by atoms with Gasteiger partial charge in [-0.2, -0.15) is 13.2 Å². The Labute approximate surface area is 156 Å². The van der Waals surface area contributed by atoms with Gasteiger partial charge in [0.15, 0.2) is 0 Å². The van der Waals surface area contributed by atoms with E-state index in [-0.39, 0.29) is 11.4 Å². The van der Waals surface area contributed by atoms with Crippen LogP contribution in [0.2, 0.25) is 0 Å². The fraction of sp³-hybridized carbons (Fsp3) is 0.167. The number of halogens is 4. The number of aryl methyl sites for hydroxylation is 1. The maximum Gasteiger partial charge on any atom is 0.416 e. The van der Waals surface area contributed by atoms with E-state index >= 15 is 0 Å². The van der Waals surface area contributed by atoms with Gasteiger partial charge in [-0.05, 0) is 58.7 Å². The average Bonchev–Trinajstić information content (AvgIpc) is 2.59. The molecule has 0 bridgehead atoms. The van der Waals surface area contributed by atoms with Gasteiger partial charge in [-0.3, -0.25) is 0 Å². The van der Waals surface area contributed by atoms with Gasteiger partial charge in [0.25, 0.3) is 0 Å². The van der Waals surface area contributed by atoms with Crippen molar-refractivity contribution >= 4 is 27.6 Å². The summed E-state index contributed by atoms with van der Waals surface area (Å²) in [7, 11) is 1.17. The number of alkyl halides is 3. The van der Waals surface area contributed by atoms with Crippen molar-refractivity contribution in [1.82, 2.24) is 0 Å². The van der Waals surface area contributed by atoms with Gasteiger partial charge in [0.2, 0.25) is 5.76 Å². The highest BCUT2D eigenvalue weighted by Gasteiger charge is 2.30. The van der Waals surface area contributed by atoms with Crippen LogP contribution < -0.4 is 10.1 Å². The molecule has 0 aliphatic carbocycles. The molecule has 1 N–H and O–H groups in total. The van der Waals surface area contributed by atoms with Crippen molar-refractivity contribution in [3.05, 3.63) is 70.0 Å². The molecule has 2 rings (SSSR count). The van der Waals surface area contributed by atoms with Gasteiger partial charge in [-0.15, -0.1) is 0 Å². The molecule has 4 nitrogen and oxygen atoms in total. The number of carbonyl (C=O) groups excluding carboxylic acids is 1. The van der Waals surface area contributed by atoms with Crippen LogP contribution in [0.15, 0.2) is 58.9 Å². The van der Waals surface area contributed by atoms with Gasteiger partial charge < -0.3 is 14.8 Å². The third kappa shape index (κ3) is 5.26. The van der Waals surface area contributed by atoms with Crippen LogP contribution in [0.25, 0.3) is 0 Å². The summed E-state index contributed by atoms with van der Waals surface area (Å²) in [4.78, 5) is 11.9. The Bertz CT molecular complexity index is 835. The smallest absolute Gasteiger partial charge is 0.416 e. The van der Waals surface area contributed by atoms with Gasteiger partial charge in [-0.1, -0.05) is 12.1 Å². The van der Waals surface area contributed by atoms with Gasteiger partial charge in [0, 0.05) is 5.69 Å². The molecule has 0 unspecified atom stereocenters. The number of benzene rings is 2. The van der Waals surface area contributed by atoms with Crippen molar-refractivity contribution in [1.29, 1.82) is 0 Å². The van der Waals surface area contributed by atoms with E-state index in [1.807, 2.05) is 6.92 Å². The zero-order chi connectivity index (χ0) is 19.3. The first-order chi connectivity index (χ1) is 12.2. The number of nitrogens with one attached hydrogen (secondary N) is 1. The van der Waals surface area contributed by atoms with Crippen molar-refractivity contribution in [2.45, 2.75) is 13.1 Å². The first-order valence-electron chi connectivity index (χ1n) is 7.37. The molecule has 0 saturated heterocycles. The minimum atomic E-state index is -4.46. The summed E-state index contributed by atoms with van der Waals surface area (Å²) in [6, 6.07) is 9.81. The second kappa shape index (κ2) is 8.27. The van der Waals surface area contributed by atoms with Gasteiger partial charge in [-0.25, -0.2) is 4.79 Å². The summed E-state index contributed by atoms with van der Waals surface area (Å²) in [5.41, 5.74) is 0.320. The topological polar surface area (TPSA) is 47.6 Å². The van der Waals surface area contributed by atoms with Crippen LogP contribution in [-0.4, -0.2) is 13.1 Å². The zero-order valence-electron chi connectivity index (χ0n) is 13.9. The molecule has 2 aromatic rings. The minimum absolute atomic E-state index is 0.146. The van der Waals surface area contributed by atoms with Gasteiger partial charge in [0.1, 0.15) is 5.75 Å². The van der Waals surface area contributed by atoms with E-state index in [1.165, 1.54) is 19.2 Å². The Morgan fingerprint density at radius 1 is 1.19 bits per heavy atom. The molecule has 0 aliphatic rings. The van der Waals surface area contributed by atoms with Crippen LogP contribution >= 0.6 is 15.9 Å². The summed E-state index contributed by atoms with van der Waals surface area (Å²) in [5, 5.41) is 2.62. The quantitative estimate of drug-likeness (QED) is 0.398. The second-order valence-electron chi connectivity index (χ2n) is 5.26. The van der Waals surface area contributed by atoms with Gasteiger partial charge >= 0.3 is 12.1 Å². The third-order valence-electron chi connectivity index (χ3n) is 3.25. The Kier molecular flexibility index (Phi) is 6.31. The molecule has 0 radical (unpaired) electrons. The lowest BCUT2D eigenvalue weighted by atomic mass is 10.2. The molecular formula is C18H15BrF3NO3. The molecule has 26 heavy (non-hydrogen) atoms. The number of rotatable bonds is 5. The monoisotopic (exact) mass is 429 g/mol. The molecule has 0 aromatic heterocycles. The lowest BCUT2D eigenvalue weighted by Crippen LogP contribution is -2.13. The molecule has 8 heteroatoms. The highest BCUT2D eigenvalue weighted by Crippen LogP contribution is 2.31. The minimum Gasteiger partial charge on any atom is -0.463 e. The van der Waals surface area contributed by atoms with Crippen molar-refractivity contribution in [2.24, 2.45) is 0 Å². The van der Waals surface area contributed by atoms with E-state index in [1.54, 1.807) is 18.2 Å². The number of hydrogen-bond donors (Lipinski definition) is 1. The summed E-state index contributed by atoms with van der Waals surface area (Å²) < 4.78 is 49.1. The Morgan fingerprint density at radius 3 is 2.54 bits per heavy atom. The van der Waals surface area contributed by atoms with E-state index < -0.39 is 17.7 Å². The standard InChI is InChI=1S/C18H15BrF3NO3/c1-11-6-7-15(14(19)8-11)26-16(17(24)25-2)10-23-13-5-3-4-12(9-13)18(20,21)22/h3-10,23H,1-2H3/b16-10+. The highest BCUT2D eigenvalue weighted by molar-refractivity contribution is 9.10. The summed E-state index contributed by atoms with van der Waals surface area (Å²) in [6.45, 7) is 1.89. The van der Waals surface area contributed by atoms with Crippen LogP contribution in [0.1, 0.15) is 11.1 Å². The molecule has 0 spiro atoms. The summed E-state index contributed by atoms with van der Waals surface area (Å²) in [5.74, 6) is -0.635. The average molecular weight is 430 g/mol. The molecule has 2 aromatic carbocycles. The number of esters is 1. The molecule has 0 amide bonds. The first kappa shape index (κ1) is 19.8. The molecule has 0 atom stereocenters. The Balaban J connectivity index is 2.26. The molecule has 0 fully saturated rings. The lowest BCUT2D eigenvalue weighted by molar-refractivity contribution is -0.139. The number of methoxy groups -OCH3 is 1. The Morgan fingerprint density at radius 2 is 1.92 bits per heavy atom. The maximum absolute atomic E-state index is 12.8. The Hall–Kier alpha value is -2.48. The van der Waals surface area contributed by atoms with E-state index in [4.69, 9.17) is 4.74 Å². The fourth-order valence-corrected chi connectivity index (χ4v) is 2.55. The predicted molar refractivity (Wildman–Crippen MR) is 94.7 cm³/mol. The summed E-state index contributed by atoms with van der Waals surface area (Å²) in [6.07, 6.45) is -3.32. The van der Waals surface area contributed by atoms with Crippen LogP contribution in [-0.2, 0) is 15.7 Å². The SMILES string of the molecule is COC(=O)/C(=C\Nc1cccc(C(F)(F)F)c1)Oc1ccc(C)cc1Br. The highest BCUT2D eigenvalue weighted by atomic mass is 79.9. The van der Waals surface area contributed by atoms with Crippen molar-refractivity contribution in [2.75, 3.05) is 12.4 Å². The van der Waals surface area contributed by atoms with E-state index in [0.717, 1.165) is 23.9 Å². The van der Waals surface area contributed by atoms with E-state index in [0.29, 0.717) is 10.2 Å². The van der Waals surface area contributed by atoms with Crippen LogP contribution in [0.3, 0.4) is 0 Å². The van der Waals surface area contributed by atoms with Crippen LogP contribution in [0, 0.1) is 6.92 Å². The second-order valence-corrected chi connectivity index (χ2v) is 6.11. The third-order valence-corrected chi connectivity index (χ3v) is 3.87. The number of carbonyl (C=O) groups is 1. The predicted octanol–water partition coefficient (Wildman–Crippen LogP) is 5.28. The lowest BCUT2D eigenvalue weighted by Gasteiger charge is -2.12. The van der Waals surface area contributed by atoms with E-state index in [2.05, 4.69) is 26.0 Å². The van der Waals surface area contributed by atoms with Crippen molar-refractivity contribution < 1.29 is 27.4 Å². The molecule has 0 heterocycles.